The number of pyridine rings is 1. The molecule has 15 heavy (non-hydrogen) atoms. The Hall–Kier alpha value is -1.25. The molecule has 1 N–H and O–H groups in total. The Morgan fingerprint density at radius 1 is 1.33 bits per heavy atom. The molecule has 0 bridgehead atoms. The van der Waals surface area contributed by atoms with Crippen LogP contribution in [0.25, 0.3) is 0 Å². The first kappa shape index (κ1) is 10.3. The predicted octanol–water partition coefficient (Wildman–Crippen LogP) is 2.33. The smallest absolute Gasteiger partial charge is 0.251 e. The van der Waals surface area contributed by atoms with Gasteiger partial charge in [-0.05, 0) is 24.8 Å². The van der Waals surface area contributed by atoms with Crippen LogP contribution in [0.1, 0.15) is 32.1 Å². The van der Waals surface area contributed by atoms with Gasteiger partial charge in [0, 0.05) is 12.3 Å². The van der Waals surface area contributed by atoms with E-state index in [0.717, 1.165) is 6.61 Å². The van der Waals surface area contributed by atoms with Gasteiger partial charge in [0.25, 0.3) is 5.56 Å². The molecule has 0 amide bonds. The molecule has 1 aromatic rings. The first-order valence-electron chi connectivity index (χ1n) is 5.66. The SMILES string of the molecule is O=c1cc(OCC2CCCCC2)cc[nH]1. The Balaban J connectivity index is 1.84. The summed E-state index contributed by atoms with van der Waals surface area (Å²) < 4.78 is 5.61. The van der Waals surface area contributed by atoms with E-state index in [2.05, 4.69) is 4.98 Å². The number of aromatic nitrogens is 1. The molecule has 0 aromatic carbocycles. The minimum Gasteiger partial charge on any atom is -0.493 e. The maximum atomic E-state index is 11.0. The average molecular weight is 207 g/mol. The highest BCUT2D eigenvalue weighted by Crippen LogP contribution is 2.24. The monoisotopic (exact) mass is 207 g/mol. The highest BCUT2D eigenvalue weighted by molar-refractivity contribution is 5.16. The molecular weight excluding hydrogens is 190 g/mol. The van der Waals surface area contributed by atoms with Gasteiger partial charge >= 0.3 is 0 Å². The van der Waals surface area contributed by atoms with Crippen molar-refractivity contribution in [1.82, 2.24) is 4.98 Å². The van der Waals surface area contributed by atoms with E-state index < -0.39 is 0 Å². The summed E-state index contributed by atoms with van der Waals surface area (Å²) in [5, 5.41) is 0. The molecule has 0 spiro atoms. The first-order chi connectivity index (χ1) is 7.34. The second-order valence-corrected chi connectivity index (χ2v) is 4.20. The van der Waals surface area contributed by atoms with Crippen LogP contribution in [-0.4, -0.2) is 11.6 Å². The summed E-state index contributed by atoms with van der Waals surface area (Å²) in [7, 11) is 0. The summed E-state index contributed by atoms with van der Waals surface area (Å²) in [5.74, 6) is 1.36. The van der Waals surface area contributed by atoms with Crippen LogP contribution >= 0.6 is 0 Å². The normalized spacial score (nSPS) is 17.6. The number of hydrogen-bond acceptors (Lipinski definition) is 2. The minimum atomic E-state index is -0.101. The maximum Gasteiger partial charge on any atom is 0.251 e. The molecule has 0 atom stereocenters. The van der Waals surface area contributed by atoms with Gasteiger partial charge in [-0.1, -0.05) is 19.3 Å². The van der Waals surface area contributed by atoms with Gasteiger partial charge in [-0.2, -0.15) is 0 Å². The molecule has 1 aromatic heterocycles. The maximum absolute atomic E-state index is 11.0. The molecule has 1 fully saturated rings. The van der Waals surface area contributed by atoms with Crippen molar-refractivity contribution in [2.24, 2.45) is 5.92 Å². The van der Waals surface area contributed by atoms with E-state index in [1.165, 1.54) is 38.2 Å². The van der Waals surface area contributed by atoms with Gasteiger partial charge in [-0.25, -0.2) is 0 Å². The Morgan fingerprint density at radius 2 is 2.13 bits per heavy atom. The molecule has 1 saturated carbocycles. The second kappa shape index (κ2) is 5.01. The predicted molar refractivity (Wildman–Crippen MR) is 59.1 cm³/mol. The average Bonchev–Trinajstić information content (AvgIpc) is 2.28. The number of H-pyrrole nitrogens is 1. The van der Waals surface area contributed by atoms with E-state index in [-0.39, 0.29) is 5.56 Å². The van der Waals surface area contributed by atoms with Crippen molar-refractivity contribution >= 4 is 0 Å². The standard InChI is InChI=1S/C12H17NO2/c14-12-8-11(6-7-13-12)15-9-10-4-2-1-3-5-10/h6-8,10H,1-5,9H2,(H,13,14). The summed E-state index contributed by atoms with van der Waals surface area (Å²) in [4.78, 5) is 13.6. The molecule has 0 saturated heterocycles. The van der Waals surface area contributed by atoms with Gasteiger partial charge in [0.1, 0.15) is 5.75 Å². The van der Waals surface area contributed by atoms with Crippen LogP contribution in [0.4, 0.5) is 0 Å². The molecule has 82 valence electrons. The van der Waals surface area contributed by atoms with Gasteiger partial charge in [0.15, 0.2) is 0 Å². The number of rotatable bonds is 3. The Bertz CT molecular complexity index is 353. The van der Waals surface area contributed by atoms with Gasteiger partial charge in [0.05, 0.1) is 6.61 Å². The summed E-state index contributed by atoms with van der Waals surface area (Å²) in [6.45, 7) is 0.753. The van der Waals surface area contributed by atoms with Gasteiger partial charge < -0.3 is 9.72 Å². The van der Waals surface area contributed by atoms with Crippen molar-refractivity contribution in [1.29, 1.82) is 0 Å². The quantitative estimate of drug-likeness (QED) is 0.826. The molecule has 0 aliphatic heterocycles. The van der Waals surface area contributed by atoms with Gasteiger partial charge in [-0.3, -0.25) is 4.79 Å². The molecule has 3 heteroatoms. The zero-order chi connectivity index (χ0) is 10.5. The van der Waals surface area contributed by atoms with E-state index in [4.69, 9.17) is 4.74 Å². The Morgan fingerprint density at radius 3 is 2.87 bits per heavy atom. The summed E-state index contributed by atoms with van der Waals surface area (Å²) in [5.41, 5.74) is -0.101. The van der Waals surface area contributed by atoms with Crippen molar-refractivity contribution in [2.75, 3.05) is 6.61 Å². The molecule has 1 aliphatic carbocycles. The van der Waals surface area contributed by atoms with Crippen molar-refractivity contribution < 1.29 is 4.74 Å². The van der Waals surface area contributed by atoms with E-state index in [9.17, 15) is 4.79 Å². The minimum absolute atomic E-state index is 0.101. The number of hydrogen-bond donors (Lipinski definition) is 1. The molecular formula is C12H17NO2. The van der Waals surface area contributed by atoms with Crippen LogP contribution in [0.15, 0.2) is 23.1 Å². The highest BCUT2D eigenvalue weighted by atomic mass is 16.5. The lowest BCUT2D eigenvalue weighted by Gasteiger charge is -2.21. The highest BCUT2D eigenvalue weighted by Gasteiger charge is 2.13. The lowest BCUT2D eigenvalue weighted by molar-refractivity contribution is 0.208. The third-order valence-corrected chi connectivity index (χ3v) is 2.96. The van der Waals surface area contributed by atoms with E-state index in [0.29, 0.717) is 11.7 Å². The topological polar surface area (TPSA) is 42.1 Å². The van der Waals surface area contributed by atoms with E-state index >= 15 is 0 Å². The third kappa shape index (κ3) is 3.11. The summed E-state index contributed by atoms with van der Waals surface area (Å²) in [6, 6.07) is 3.30. The Kier molecular flexibility index (Phi) is 3.43. The number of nitrogens with one attached hydrogen (secondary N) is 1. The lowest BCUT2D eigenvalue weighted by atomic mass is 9.90. The van der Waals surface area contributed by atoms with Crippen LogP contribution in [-0.2, 0) is 0 Å². The van der Waals surface area contributed by atoms with E-state index in [1.54, 1.807) is 12.3 Å². The Labute approximate surface area is 89.5 Å². The van der Waals surface area contributed by atoms with Crippen LogP contribution in [0.5, 0.6) is 5.75 Å². The third-order valence-electron chi connectivity index (χ3n) is 2.96. The summed E-state index contributed by atoms with van der Waals surface area (Å²) >= 11 is 0. The first-order valence-corrected chi connectivity index (χ1v) is 5.66. The van der Waals surface area contributed by atoms with Crippen LogP contribution in [0.3, 0.4) is 0 Å². The second-order valence-electron chi connectivity index (χ2n) is 4.20. The fraction of sp³-hybridized carbons (Fsp3) is 0.583. The molecule has 3 nitrogen and oxygen atoms in total. The zero-order valence-electron chi connectivity index (χ0n) is 8.87. The van der Waals surface area contributed by atoms with Crippen LogP contribution in [0.2, 0.25) is 0 Å². The van der Waals surface area contributed by atoms with Gasteiger partial charge in [0.2, 0.25) is 0 Å². The molecule has 1 aliphatic rings. The van der Waals surface area contributed by atoms with Gasteiger partial charge in [-0.15, -0.1) is 0 Å². The van der Waals surface area contributed by atoms with Crippen molar-refractivity contribution in [2.45, 2.75) is 32.1 Å². The van der Waals surface area contributed by atoms with Crippen molar-refractivity contribution in [3.8, 4) is 5.75 Å². The fourth-order valence-corrected chi connectivity index (χ4v) is 2.08. The number of aromatic amines is 1. The largest absolute Gasteiger partial charge is 0.493 e. The lowest BCUT2D eigenvalue weighted by Crippen LogP contribution is -2.16. The molecule has 0 unspecified atom stereocenters. The van der Waals surface area contributed by atoms with Crippen LogP contribution < -0.4 is 10.3 Å². The molecule has 1 heterocycles. The number of ether oxygens (including phenoxy) is 1. The molecule has 2 rings (SSSR count). The fourth-order valence-electron chi connectivity index (χ4n) is 2.08. The van der Waals surface area contributed by atoms with E-state index in [1.807, 2.05) is 0 Å². The summed E-state index contributed by atoms with van der Waals surface area (Å²) in [6.07, 6.45) is 8.17. The zero-order valence-corrected chi connectivity index (χ0v) is 8.87. The van der Waals surface area contributed by atoms with Crippen molar-refractivity contribution in [3.63, 3.8) is 0 Å². The van der Waals surface area contributed by atoms with Crippen molar-refractivity contribution in [3.05, 3.63) is 28.7 Å². The van der Waals surface area contributed by atoms with Crippen LogP contribution in [0, 0.1) is 5.92 Å². The molecule has 0 radical (unpaired) electrons.